The van der Waals surface area contributed by atoms with E-state index in [-0.39, 0.29) is 22.3 Å². The van der Waals surface area contributed by atoms with Crippen LogP contribution in [0.2, 0.25) is 5.02 Å². The SMILES string of the molecule is O=C(Nc1ncc(C#Cc2ccccc2)cc1F)c1cc(-c2noc(C3CCOC3)n2)ccc1Cl. The van der Waals surface area contributed by atoms with Gasteiger partial charge in [-0.1, -0.05) is 46.8 Å². The lowest BCUT2D eigenvalue weighted by Gasteiger charge is -2.08. The molecular formula is C26H18ClFN4O3. The monoisotopic (exact) mass is 488 g/mol. The lowest BCUT2D eigenvalue weighted by atomic mass is 10.1. The minimum absolute atomic E-state index is 0.0562. The van der Waals surface area contributed by atoms with Gasteiger partial charge >= 0.3 is 0 Å². The van der Waals surface area contributed by atoms with Crippen LogP contribution in [0.25, 0.3) is 11.4 Å². The number of anilines is 1. The summed E-state index contributed by atoms with van der Waals surface area (Å²) in [5, 5.41) is 6.65. The molecule has 7 nitrogen and oxygen atoms in total. The fourth-order valence-corrected chi connectivity index (χ4v) is 3.73. The summed E-state index contributed by atoms with van der Waals surface area (Å²) in [6, 6.07) is 15.3. The number of aromatic nitrogens is 3. The first kappa shape index (κ1) is 22.7. The van der Waals surface area contributed by atoms with Crippen molar-refractivity contribution in [3.63, 3.8) is 0 Å². The Morgan fingerprint density at radius 3 is 2.71 bits per heavy atom. The predicted molar refractivity (Wildman–Crippen MR) is 127 cm³/mol. The highest BCUT2D eigenvalue weighted by molar-refractivity contribution is 6.34. The van der Waals surface area contributed by atoms with Gasteiger partial charge in [-0.15, -0.1) is 0 Å². The van der Waals surface area contributed by atoms with Crippen LogP contribution in [-0.4, -0.2) is 34.2 Å². The molecule has 1 aliphatic heterocycles. The lowest BCUT2D eigenvalue weighted by molar-refractivity contribution is 0.102. The van der Waals surface area contributed by atoms with E-state index in [1.165, 1.54) is 18.3 Å². The van der Waals surface area contributed by atoms with Crippen molar-refractivity contribution in [2.45, 2.75) is 12.3 Å². The Balaban J connectivity index is 1.33. The second-order valence-corrected chi connectivity index (χ2v) is 8.24. The van der Waals surface area contributed by atoms with E-state index in [1.807, 2.05) is 30.3 Å². The van der Waals surface area contributed by atoms with Gasteiger partial charge in [-0.3, -0.25) is 4.79 Å². The van der Waals surface area contributed by atoms with Gasteiger partial charge in [0.1, 0.15) is 0 Å². The van der Waals surface area contributed by atoms with Crippen molar-refractivity contribution in [1.82, 2.24) is 15.1 Å². The molecule has 0 spiro atoms. The van der Waals surface area contributed by atoms with Crippen LogP contribution in [0.3, 0.4) is 0 Å². The molecule has 2 aromatic heterocycles. The predicted octanol–water partition coefficient (Wildman–Crippen LogP) is 5.08. The van der Waals surface area contributed by atoms with E-state index in [4.69, 9.17) is 20.9 Å². The number of carbonyl (C=O) groups excluding carboxylic acids is 1. The molecule has 1 fully saturated rings. The summed E-state index contributed by atoms with van der Waals surface area (Å²) in [6.45, 7) is 1.18. The average Bonchev–Trinajstić information content (AvgIpc) is 3.58. The van der Waals surface area contributed by atoms with Crippen molar-refractivity contribution >= 4 is 23.3 Å². The van der Waals surface area contributed by atoms with Gasteiger partial charge in [-0.25, -0.2) is 9.37 Å². The van der Waals surface area contributed by atoms with Crippen LogP contribution in [0.15, 0.2) is 65.3 Å². The summed E-state index contributed by atoms with van der Waals surface area (Å²) >= 11 is 6.24. The molecule has 35 heavy (non-hydrogen) atoms. The van der Waals surface area contributed by atoms with Crippen LogP contribution in [0, 0.1) is 17.7 Å². The van der Waals surface area contributed by atoms with E-state index < -0.39 is 11.7 Å². The molecule has 0 saturated carbocycles. The van der Waals surface area contributed by atoms with Crippen molar-refractivity contribution in [2.75, 3.05) is 18.5 Å². The summed E-state index contributed by atoms with van der Waals surface area (Å²) in [7, 11) is 0. The van der Waals surface area contributed by atoms with Crippen molar-refractivity contribution in [3.05, 3.63) is 94.2 Å². The van der Waals surface area contributed by atoms with Crippen LogP contribution in [-0.2, 0) is 4.74 Å². The van der Waals surface area contributed by atoms with Crippen LogP contribution in [0.4, 0.5) is 10.2 Å². The van der Waals surface area contributed by atoms with E-state index in [9.17, 15) is 9.18 Å². The molecule has 1 saturated heterocycles. The fraction of sp³-hybridized carbons (Fsp3) is 0.154. The summed E-state index contributed by atoms with van der Waals surface area (Å²) in [4.78, 5) is 21.3. The molecule has 2 aromatic carbocycles. The topological polar surface area (TPSA) is 90.1 Å². The quantitative estimate of drug-likeness (QED) is 0.403. The average molecular weight is 489 g/mol. The zero-order chi connectivity index (χ0) is 24.2. The maximum absolute atomic E-state index is 14.6. The molecule has 0 radical (unpaired) electrons. The third-order valence-electron chi connectivity index (χ3n) is 5.39. The maximum atomic E-state index is 14.6. The molecule has 1 amide bonds. The van der Waals surface area contributed by atoms with E-state index in [2.05, 4.69) is 32.3 Å². The van der Waals surface area contributed by atoms with E-state index in [0.717, 1.165) is 12.0 Å². The van der Waals surface area contributed by atoms with Crippen molar-refractivity contribution in [3.8, 4) is 23.2 Å². The standard InChI is InChI=1S/C26H18ClFN4O3/c27-21-9-8-18(23-31-26(35-32-23)19-10-11-34-15-19)13-20(21)25(33)30-24-22(28)12-17(14-29-24)7-6-16-4-2-1-3-5-16/h1-5,8-9,12-14,19H,10-11,15H2,(H,29,30,33). The van der Waals surface area contributed by atoms with Gasteiger partial charge in [-0.05, 0) is 42.8 Å². The van der Waals surface area contributed by atoms with Gasteiger partial charge in [0.25, 0.3) is 5.91 Å². The zero-order valence-corrected chi connectivity index (χ0v) is 19.1. The van der Waals surface area contributed by atoms with Crippen LogP contribution in [0.5, 0.6) is 0 Å². The highest BCUT2D eigenvalue weighted by atomic mass is 35.5. The molecule has 4 aromatic rings. The Morgan fingerprint density at radius 1 is 1.11 bits per heavy atom. The highest BCUT2D eigenvalue weighted by Gasteiger charge is 2.24. The Hall–Kier alpha value is -4.06. The number of ether oxygens (including phenoxy) is 1. The maximum Gasteiger partial charge on any atom is 0.258 e. The molecule has 1 N–H and O–H groups in total. The lowest BCUT2D eigenvalue weighted by Crippen LogP contribution is -2.15. The highest BCUT2D eigenvalue weighted by Crippen LogP contribution is 2.28. The second kappa shape index (κ2) is 10.1. The first-order valence-corrected chi connectivity index (χ1v) is 11.2. The van der Waals surface area contributed by atoms with E-state index >= 15 is 0 Å². The number of nitrogens with one attached hydrogen (secondary N) is 1. The molecule has 0 aliphatic carbocycles. The van der Waals surface area contributed by atoms with Gasteiger partial charge in [0, 0.05) is 29.5 Å². The second-order valence-electron chi connectivity index (χ2n) is 7.84. The van der Waals surface area contributed by atoms with E-state index in [0.29, 0.717) is 36.1 Å². The summed E-state index contributed by atoms with van der Waals surface area (Å²) in [5.74, 6) is 5.08. The Bertz CT molecular complexity index is 1440. The number of halogens is 2. The number of nitrogens with zero attached hydrogens (tertiary/aromatic N) is 3. The summed E-state index contributed by atoms with van der Waals surface area (Å²) in [6.07, 6.45) is 2.20. The van der Waals surface area contributed by atoms with Crippen molar-refractivity contribution in [1.29, 1.82) is 0 Å². The molecule has 1 atom stereocenters. The van der Waals surface area contributed by atoms with Gasteiger partial charge in [-0.2, -0.15) is 4.98 Å². The smallest absolute Gasteiger partial charge is 0.258 e. The molecule has 1 unspecified atom stereocenters. The molecule has 9 heteroatoms. The number of pyridine rings is 1. The minimum atomic E-state index is -0.716. The van der Waals surface area contributed by atoms with E-state index in [1.54, 1.807) is 12.1 Å². The molecular weight excluding hydrogens is 471 g/mol. The van der Waals surface area contributed by atoms with Gasteiger partial charge < -0.3 is 14.6 Å². The third kappa shape index (κ3) is 5.22. The summed E-state index contributed by atoms with van der Waals surface area (Å²) in [5.41, 5.74) is 1.83. The van der Waals surface area contributed by atoms with Crippen molar-refractivity contribution in [2.24, 2.45) is 0 Å². The zero-order valence-electron chi connectivity index (χ0n) is 18.3. The van der Waals surface area contributed by atoms with Crippen molar-refractivity contribution < 1.29 is 18.4 Å². The molecule has 174 valence electrons. The van der Waals surface area contributed by atoms with Crippen LogP contribution >= 0.6 is 11.6 Å². The fourth-order valence-electron chi connectivity index (χ4n) is 3.52. The normalized spacial score (nSPS) is 14.9. The molecule has 0 bridgehead atoms. The number of hydrogen-bond donors (Lipinski definition) is 1. The Labute approximate surface area is 205 Å². The number of rotatable bonds is 4. The van der Waals surface area contributed by atoms with Crippen LogP contribution < -0.4 is 5.32 Å². The van der Waals surface area contributed by atoms with Gasteiger partial charge in [0.15, 0.2) is 11.6 Å². The third-order valence-corrected chi connectivity index (χ3v) is 5.72. The number of amides is 1. The minimum Gasteiger partial charge on any atom is -0.381 e. The summed E-state index contributed by atoms with van der Waals surface area (Å²) < 4.78 is 25.3. The Morgan fingerprint density at radius 2 is 1.94 bits per heavy atom. The largest absolute Gasteiger partial charge is 0.381 e. The Kier molecular flexibility index (Phi) is 6.53. The van der Waals surface area contributed by atoms with Gasteiger partial charge in [0.2, 0.25) is 11.7 Å². The molecule has 3 heterocycles. The first-order chi connectivity index (χ1) is 17.1. The first-order valence-electron chi connectivity index (χ1n) is 10.8. The van der Waals surface area contributed by atoms with Gasteiger partial charge in [0.05, 0.1) is 23.1 Å². The molecule has 1 aliphatic rings. The number of carbonyl (C=O) groups is 1. The molecule has 5 rings (SSSR count). The van der Waals surface area contributed by atoms with Crippen LogP contribution in [0.1, 0.15) is 39.7 Å². The number of hydrogen-bond acceptors (Lipinski definition) is 6. The number of benzene rings is 2.